The lowest BCUT2D eigenvalue weighted by molar-refractivity contribution is -0.384. The van der Waals surface area contributed by atoms with E-state index in [4.69, 9.17) is 22.1 Å². The number of ether oxygens (including phenoxy) is 1. The van der Waals surface area contributed by atoms with E-state index in [1.165, 1.54) is 19.2 Å². The summed E-state index contributed by atoms with van der Waals surface area (Å²) < 4.78 is 4.98. The van der Waals surface area contributed by atoms with Crippen molar-refractivity contribution < 1.29 is 9.66 Å². The second-order valence-corrected chi connectivity index (χ2v) is 4.46. The second-order valence-electron chi connectivity index (χ2n) is 4.09. The minimum atomic E-state index is -0.532. The van der Waals surface area contributed by atoms with Gasteiger partial charge in [-0.2, -0.15) is 4.98 Å². The number of hydrogen-bond acceptors (Lipinski definition) is 6. The van der Waals surface area contributed by atoms with Gasteiger partial charge in [-0.05, 0) is 11.6 Å². The average molecular weight is 309 g/mol. The van der Waals surface area contributed by atoms with Gasteiger partial charge in [0.05, 0.1) is 22.7 Å². The molecule has 1 aromatic heterocycles. The number of hydrogen-bond donors (Lipinski definition) is 2. The molecule has 21 heavy (non-hydrogen) atoms. The Morgan fingerprint density at radius 2 is 2.19 bits per heavy atom. The molecule has 0 bridgehead atoms. The zero-order chi connectivity index (χ0) is 15.4. The van der Waals surface area contributed by atoms with Crippen LogP contribution >= 0.6 is 11.6 Å². The number of nitrogens with zero attached hydrogens (tertiary/aromatic N) is 2. The molecule has 8 heteroatoms. The topological polar surface area (TPSA) is 103 Å². The van der Waals surface area contributed by atoms with E-state index >= 15 is 0 Å². The molecule has 110 valence electrons. The molecule has 0 fully saturated rings. The van der Waals surface area contributed by atoms with Crippen LogP contribution in [-0.2, 0) is 6.54 Å². The van der Waals surface area contributed by atoms with Gasteiger partial charge in [-0.25, -0.2) is 0 Å². The quantitative estimate of drug-likeness (QED) is 0.650. The van der Waals surface area contributed by atoms with Crippen molar-refractivity contribution >= 4 is 28.8 Å². The van der Waals surface area contributed by atoms with E-state index in [-0.39, 0.29) is 23.9 Å². The number of halogens is 1. The van der Waals surface area contributed by atoms with Gasteiger partial charge in [0.25, 0.3) is 0 Å². The number of anilines is 2. The number of nitrogens with two attached hydrogens (primary N) is 1. The number of rotatable bonds is 5. The van der Waals surface area contributed by atoms with E-state index in [9.17, 15) is 10.1 Å². The number of methoxy groups -OCH3 is 1. The molecular weight excluding hydrogens is 296 g/mol. The molecule has 0 radical (unpaired) electrons. The molecule has 0 saturated heterocycles. The molecule has 0 unspecified atom stereocenters. The lowest BCUT2D eigenvalue weighted by Crippen LogP contribution is -2.03. The van der Waals surface area contributed by atoms with E-state index in [0.29, 0.717) is 10.7 Å². The maximum absolute atomic E-state index is 11.1. The van der Waals surface area contributed by atoms with Crippen LogP contribution < -0.4 is 15.8 Å². The fourth-order valence-electron chi connectivity index (χ4n) is 1.75. The average Bonchev–Trinajstić information content (AvgIpc) is 2.49. The van der Waals surface area contributed by atoms with Crippen LogP contribution in [0.4, 0.5) is 17.2 Å². The van der Waals surface area contributed by atoms with Crippen LogP contribution in [0.2, 0.25) is 5.02 Å². The highest BCUT2D eigenvalue weighted by molar-refractivity contribution is 6.34. The fourth-order valence-corrected chi connectivity index (χ4v) is 2.00. The van der Waals surface area contributed by atoms with Crippen LogP contribution in [0.15, 0.2) is 30.3 Å². The number of pyridine rings is 1. The summed E-state index contributed by atoms with van der Waals surface area (Å²) in [5, 5.41) is 14.3. The molecule has 2 aromatic rings. The number of nitrogens with one attached hydrogen (secondary N) is 1. The summed E-state index contributed by atoms with van der Waals surface area (Å²) >= 11 is 6.19. The van der Waals surface area contributed by atoms with Gasteiger partial charge in [-0.15, -0.1) is 0 Å². The van der Waals surface area contributed by atoms with E-state index in [1.807, 2.05) is 0 Å². The van der Waals surface area contributed by atoms with E-state index in [2.05, 4.69) is 10.3 Å². The fraction of sp³-hybridized carbons (Fsp3) is 0.154. The first-order valence-corrected chi connectivity index (χ1v) is 6.38. The van der Waals surface area contributed by atoms with Crippen molar-refractivity contribution in [3.63, 3.8) is 0 Å². The third-order valence-corrected chi connectivity index (χ3v) is 3.25. The van der Waals surface area contributed by atoms with Crippen molar-refractivity contribution in [2.75, 3.05) is 12.4 Å². The highest BCUT2D eigenvalue weighted by Gasteiger charge is 2.18. The van der Waals surface area contributed by atoms with Gasteiger partial charge in [0.15, 0.2) is 0 Å². The first kappa shape index (κ1) is 15.0. The van der Waals surface area contributed by atoms with E-state index in [1.54, 1.807) is 18.2 Å². The summed E-state index contributed by atoms with van der Waals surface area (Å²) in [6, 6.07) is 7.95. The summed E-state index contributed by atoms with van der Waals surface area (Å²) in [6.45, 7) is 0.266. The molecule has 0 aliphatic carbocycles. The van der Waals surface area contributed by atoms with Gasteiger partial charge >= 0.3 is 5.69 Å². The lowest BCUT2D eigenvalue weighted by atomic mass is 10.2. The van der Waals surface area contributed by atoms with Crippen molar-refractivity contribution in [2.45, 2.75) is 6.54 Å². The third-order valence-electron chi connectivity index (χ3n) is 2.81. The zero-order valence-corrected chi connectivity index (χ0v) is 11.9. The maximum atomic E-state index is 11.1. The highest BCUT2D eigenvalue weighted by Crippen LogP contribution is 2.32. The monoisotopic (exact) mass is 308 g/mol. The molecule has 0 amide bonds. The Morgan fingerprint density at radius 1 is 1.43 bits per heavy atom. The molecule has 0 atom stereocenters. The lowest BCUT2D eigenvalue weighted by Gasteiger charge is -2.11. The van der Waals surface area contributed by atoms with Crippen molar-refractivity contribution in [3.05, 3.63) is 51.0 Å². The van der Waals surface area contributed by atoms with Gasteiger partial charge in [0.1, 0.15) is 0 Å². The van der Waals surface area contributed by atoms with Crippen LogP contribution in [0, 0.1) is 10.1 Å². The van der Waals surface area contributed by atoms with Crippen molar-refractivity contribution in [3.8, 4) is 5.88 Å². The Kier molecular flexibility index (Phi) is 4.56. The standard InChI is InChI=1S/C13H13ClN4O3/c1-21-11-6-5-10(18(19)20)13(17-11)16-9-4-2-3-8(7-15)12(9)14/h2-6H,7,15H2,1H3,(H,16,17). The van der Waals surface area contributed by atoms with Crippen LogP contribution in [0.25, 0.3) is 0 Å². The van der Waals surface area contributed by atoms with Gasteiger partial charge in [0, 0.05) is 18.7 Å². The number of aromatic nitrogens is 1. The predicted octanol–water partition coefficient (Wildman–Crippen LogP) is 2.85. The van der Waals surface area contributed by atoms with E-state index < -0.39 is 4.92 Å². The molecular formula is C13H13ClN4O3. The van der Waals surface area contributed by atoms with Crippen LogP contribution in [0.1, 0.15) is 5.56 Å². The van der Waals surface area contributed by atoms with E-state index in [0.717, 1.165) is 5.56 Å². The smallest absolute Gasteiger partial charge is 0.311 e. The molecule has 0 aliphatic rings. The Bertz CT molecular complexity index is 678. The minimum absolute atomic E-state index is 0.0513. The largest absolute Gasteiger partial charge is 0.481 e. The summed E-state index contributed by atoms with van der Waals surface area (Å²) in [7, 11) is 1.43. The molecule has 3 N–H and O–H groups in total. The molecule has 0 aliphatic heterocycles. The number of nitro groups is 1. The Balaban J connectivity index is 2.45. The molecule has 0 spiro atoms. The Morgan fingerprint density at radius 3 is 2.81 bits per heavy atom. The second kappa shape index (κ2) is 6.38. The van der Waals surface area contributed by atoms with Gasteiger partial charge in [0.2, 0.25) is 11.7 Å². The first-order valence-electron chi connectivity index (χ1n) is 6.00. The minimum Gasteiger partial charge on any atom is -0.481 e. The van der Waals surface area contributed by atoms with Crippen molar-refractivity contribution in [1.29, 1.82) is 0 Å². The molecule has 2 rings (SSSR count). The summed E-state index contributed by atoms with van der Waals surface area (Å²) in [4.78, 5) is 14.6. The van der Waals surface area contributed by atoms with Gasteiger partial charge in [-0.1, -0.05) is 23.7 Å². The van der Waals surface area contributed by atoms with Crippen LogP contribution in [-0.4, -0.2) is 17.0 Å². The first-order chi connectivity index (χ1) is 10.1. The Hall–Kier alpha value is -2.38. The summed E-state index contributed by atoms with van der Waals surface area (Å²) in [5.41, 5.74) is 6.62. The molecule has 1 heterocycles. The summed E-state index contributed by atoms with van der Waals surface area (Å²) in [5.74, 6) is 0.310. The zero-order valence-electron chi connectivity index (χ0n) is 11.2. The molecule has 1 aromatic carbocycles. The Labute approximate surface area is 125 Å². The van der Waals surface area contributed by atoms with Crippen molar-refractivity contribution in [1.82, 2.24) is 4.98 Å². The van der Waals surface area contributed by atoms with Crippen LogP contribution in [0.3, 0.4) is 0 Å². The number of benzene rings is 1. The predicted molar refractivity (Wildman–Crippen MR) is 80.1 cm³/mol. The van der Waals surface area contributed by atoms with Crippen LogP contribution in [0.5, 0.6) is 5.88 Å². The summed E-state index contributed by atoms with van der Waals surface area (Å²) in [6.07, 6.45) is 0. The SMILES string of the molecule is COc1ccc([N+](=O)[O-])c(Nc2cccc(CN)c2Cl)n1. The van der Waals surface area contributed by atoms with Crippen molar-refractivity contribution in [2.24, 2.45) is 5.73 Å². The normalized spacial score (nSPS) is 10.2. The van der Waals surface area contributed by atoms with Gasteiger partial charge in [-0.3, -0.25) is 10.1 Å². The highest BCUT2D eigenvalue weighted by atomic mass is 35.5. The molecule has 0 saturated carbocycles. The van der Waals surface area contributed by atoms with Gasteiger partial charge < -0.3 is 15.8 Å². The maximum Gasteiger partial charge on any atom is 0.311 e. The molecule has 7 nitrogen and oxygen atoms in total. The third kappa shape index (κ3) is 3.21.